The molecule has 1 N–H and O–H groups in total. The van der Waals surface area contributed by atoms with Gasteiger partial charge < -0.3 is 10.0 Å². The van der Waals surface area contributed by atoms with Crippen molar-refractivity contribution in [2.45, 2.75) is 39.2 Å². The molecule has 8 heteroatoms. The number of rotatable bonds is 8. The molecule has 0 aliphatic carbocycles. The van der Waals surface area contributed by atoms with Gasteiger partial charge in [-0.15, -0.1) is 11.3 Å². The SMILES string of the molecule is CCCc1ccc(N(Cc2nc3cc(F)cc(F)c3s2)C(=O)CCC(=O)O)cc1. The van der Waals surface area contributed by atoms with Crippen molar-refractivity contribution in [3.63, 3.8) is 0 Å². The van der Waals surface area contributed by atoms with Crippen LogP contribution < -0.4 is 4.90 Å². The highest BCUT2D eigenvalue weighted by molar-refractivity contribution is 7.18. The standard InChI is InChI=1S/C21H20F2N2O3S/c1-2-3-13-4-6-15(7-5-13)25(19(26)8-9-20(27)28)12-18-24-17-11-14(22)10-16(23)21(17)29-18/h4-7,10-11H,2-3,8-9,12H2,1H3,(H,27,28). The third-order valence-electron chi connectivity index (χ3n) is 4.39. The number of carbonyl (C=O) groups is 2. The number of amides is 1. The second-order valence-corrected chi connectivity index (χ2v) is 7.72. The Hall–Kier alpha value is -2.87. The van der Waals surface area contributed by atoms with Gasteiger partial charge in [-0.1, -0.05) is 25.5 Å². The lowest BCUT2D eigenvalue weighted by molar-refractivity contribution is -0.138. The number of carbonyl (C=O) groups excluding carboxylic acids is 1. The first-order valence-corrected chi connectivity index (χ1v) is 10.0. The summed E-state index contributed by atoms with van der Waals surface area (Å²) in [6.45, 7) is 2.12. The Morgan fingerprint density at radius 2 is 1.86 bits per heavy atom. The number of benzene rings is 2. The molecule has 29 heavy (non-hydrogen) atoms. The van der Waals surface area contributed by atoms with Crippen molar-refractivity contribution in [1.82, 2.24) is 4.98 Å². The van der Waals surface area contributed by atoms with Crippen molar-refractivity contribution in [1.29, 1.82) is 0 Å². The van der Waals surface area contributed by atoms with E-state index in [4.69, 9.17) is 5.11 Å². The summed E-state index contributed by atoms with van der Waals surface area (Å²) in [7, 11) is 0. The zero-order chi connectivity index (χ0) is 21.0. The van der Waals surface area contributed by atoms with Crippen molar-refractivity contribution >= 4 is 39.1 Å². The number of hydrogen-bond donors (Lipinski definition) is 1. The number of aliphatic carboxylic acids is 1. The van der Waals surface area contributed by atoms with Gasteiger partial charge in [-0.3, -0.25) is 9.59 Å². The molecule has 3 rings (SSSR count). The van der Waals surface area contributed by atoms with Crippen LogP contribution in [-0.4, -0.2) is 22.0 Å². The van der Waals surface area contributed by atoms with Crippen LogP contribution in [0.5, 0.6) is 0 Å². The van der Waals surface area contributed by atoms with Crippen LogP contribution in [0.15, 0.2) is 36.4 Å². The molecule has 1 heterocycles. The van der Waals surface area contributed by atoms with E-state index >= 15 is 0 Å². The summed E-state index contributed by atoms with van der Waals surface area (Å²) in [4.78, 5) is 29.3. The minimum absolute atomic E-state index is 0.0476. The van der Waals surface area contributed by atoms with Crippen LogP contribution in [0.2, 0.25) is 0 Å². The predicted molar refractivity (Wildman–Crippen MR) is 108 cm³/mol. The maximum absolute atomic E-state index is 14.0. The Morgan fingerprint density at radius 1 is 1.14 bits per heavy atom. The zero-order valence-corrected chi connectivity index (χ0v) is 16.6. The summed E-state index contributed by atoms with van der Waals surface area (Å²) in [5, 5.41) is 9.33. The predicted octanol–water partition coefficient (Wildman–Crippen LogP) is 4.93. The van der Waals surface area contributed by atoms with E-state index < -0.39 is 17.6 Å². The summed E-state index contributed by atoms with van der Waals surface area (Å²) >= 11 is 1.05. The Morgan fingerprint density at radius 3 is 2.52 bits per heavy atom. The highest BCUT2D eigenvalue weighted by Crippen LogP contribution is 2.28. The minimum Gasteiger partial charge on any atom is -0.481 e. The van der Waals surface area contributed by atoms with Crippen LogP contribution in [0.3, 0.4) is 0 Å². The molecule has 0 aliphatic rings. The highest BCUT2D eigenvalue weighted by Gasteiger charge is 2.20. The van der Waals surface area contributed by atoms with Crippen molar-refractivity contribution in [2.75, 3.05) is 4.90 Å². The van der Waals surface area contributed by atoms with Gasteiger partial charge in [-0.05, 0) is 24.1 Å². The van der Waals surface area contributed by atoms with Gasteiger partial charge in [-0.2, -0.15) is 0 Å². The number of fused-ring (bicyclic) bond motifs is 1. The number of carboxylic acids is 1. The molecule has 0 atom stereocenters. The highest BCUT2D eigenvalue weighted by atomic mass is 32.1. The molecule has 2 aromatic carbocycles. The van der Waals surface area contributed by atoms with E-state index in [1.54, 1.807) is 12.1 Å². The molecule has 0 radical (unpaired) electrons. The fourth-order valence-corrected chi connectivity index (χ4v) is 3.95. The van der Waals surface area contributed by atoms with E-state index in [9.17, 15) is 18.4 Å². The van der Waals surface area contributed by atoms with Crippen molar-refractivity contribution < 1.29 is 23.5 Å². The second-order valence-electron chi connectivity index (χ2n) is 6.63. The van der Waals surface area contributed by atoms with Crippen LogP contribution in [0.25, 0.3) is 10.2 Å². The molecule has 1 aromatic heterocycles. The Kier molecular flexibility index (Phi) is 6.53. The molecular formula is C21H20F2N2O3S. The minimum atomic E-state index is -1.06. The van der Waals surface area contributed by atoms with Crippen molar-refractivity contribution in [2.24, 2.45) is 0 Å². The molecule has 152 valence electrons. The average Bonchev–Trinajstić information content (AvgIpc) is 3.08. The van der Waals surface area contributed by atoms with Gasteiger partial charge in [0.1, 0.15) is 16.6 Å². The monoisotopic (exact) mass is 418 g/mol. The maximum atomic E-state index is 14.0. The van der Waals surface area contributed by atoms with Crippen LogP contribution >= 0.6 is 11.3 Å². The zero-order valence-electron chi connectivity index (χ0n) is 15.8. The third-order valence-corrected chi connectivity index (χ3v) is 5.45. The summed E-state index contributed by atoms with van der Waals surface area (Å²) < 4.78 is 27.7. The Bertz CT molecular complexity index is 1030. The molecule has 0 saturated carbocycles. The second kappa shape index (κ2) is 9.09. The number of aryl methyl sites for hydroxylation is 1. The Labute approximate surface area is 170 Å². The molecule has 0 spiro atoms. The molecular weight excluding hydrogens is 398 g/mol. The molecule has 5 nitrogen and oxygen atoms in total. The first kappa shape index (κ1) is 20.9. The van der Waals surface area contributed by atoms with Crippen LogP contribution in [0, 0.1) is 11.6 Å². The first-order valence-electron chi connectivity index (χ1n) is 9.23. The lowest BCUT2D eigenvalue weighted by Crippen LogP contribution is -2.30. The van der Waals surface area contributed by atoms with Gasteiger partial charge in [0.05, 0.1) is 23.2 Å². The number of carboxylic acid groups (broad SMARTS) is 1. The molecule has 0 bridgehead atoms. The molecule has 0 aliphatic heterocycles. The van der Waals surface area contributed by atoms with Gasteiger partial charge in [0.15, 0.2) is 0 Å². The van der Waals surface area contributed by atoms with Gasteiger partial charge in [0, 0.05) is 24.2 Å². The summed E-state index contributed by atoms with van der Waals surface area (Å²) in [5.41, 5.74) is 1.93. The molecule has 0 saturated heterocycles. The number of aromatic nitrogens is 1. The van der Waals surface area contributed by atoms with E-state index in [0.29, 0.717) is 10.7 Å². The Balaban J connectivity index is 1.91. The van der Waals surface area contributed by atoms with Gasteiger partial charge >= 0.3 is 5.97 Å². The molecule has 3 aromatic rings. The van der Waals surface area contributed by atoms with E-state index in [1.807, 2.05) is 12.1 Å². The topological polar surface area (TPSA) is 70.5 Å². The van der Waals surface area contributed by atoms with E-state index in [-0.39, 0.29) is 35.5 Å². The number of halogens is 2. The largest absolute Gasteiger partial charge is 0.481 e. The first-order chi connectivity index (χ1) is 13.9. The lowest BCUT2D eigenvalue weighted by Gasteiger charge is -2.22. The van der Waals surface area contributed by atoms with Crippen LogP contribution in [0.4, 0.5) is 14.5 Å². The van der Waals surface area contributed by atoms with Gasteiger partial charge in [0.25, 0.3) is 0 Å². The summed E-state index contributed by atoms with van der Waals surface area (Å²) in [6, 6.07) is 9.39. The average molecular weight is 418 g/mol. The fourth-order valence-electron chi connectivity index (χ4n) is 3.01. The number of anilines is 1. The van der Waals surface area contributed by atoms with E-state index in [0.717, 1.165) is 41.9 Å². The fraction of sp³-hybridized carbons (Fsp3) is 0.286. The summed E-state index contributed by atoms with van der Waals surface area (Å²) in [6.07, 6.45) is 1.45. The van der Waals surface area contributed by atoms with E-state index in [1.165, 1.54) is 4.90 Å². The maximum Gasteiger partial charge on any atom is 0.303 e. The van der Waals surface area contributed by atoms with Gasteiger partial charge in [-0.25, -0.2) is 13.8 Å². The summed E-state index contributed by atoms with van der Waals surface area (Å²) in [5.74, 6) is -2.85. The number of hydrogen-bond acceptors (Lipinski definition) is 4. The van der Waals surface area contributed by atoms with Crippen molar-refractivity contribution in [3.8, 4) is 0 Å². The van der Waals surface area contributed by atoms with Crippen molar-refractivity contribution in [3.05, 3.63) is 58.6 Å². The number of thiazole rings is 1. The van der Waals surface area contributed by atoms with Crippen LogP contribution in [-0.2, 0) is 22.6 Å². The van der Waals surface area contributed by atoms with Crippen LogP contribution in [0.1, 0.15) is 36.8 Å². The molecule has 0 fully saturated rings. The third kappa shape index (κ3) is 5.14. The van der Waals surface area contributed by atoms with Gasteiger partial charge in [0.2, 0.25) is 5.91 Å². The smallest absolute Gasteiger partial charge is 0.303 e. The molecule has 1 amide bonds. The quantitative estimate of drug-likeness (QED) is 0.563. The lowest BCUT2D eigenvalue weighted by atomic mass is 10.1. The normalized spacial score (nSPS) is 11.0. The van der Waals surface area contributed by atoms with E-state index in [2.05, 4.69) is 11.9 Å². The molecule has 0 unspecified atom stereocenters. The number of nitrogens with zero attached hydrogens (tertiary/aromatic N) is 2.